The highest BCUT2D eigenvalue weighted by Gasteiger charge is 2.05. The average molecular weight is 301 g/mol. The molecular formula is C14H23NO2S2. The van der Waals surface area contributed by atoms with E-state index in [1.54, 1.807) is 23.5 Å². The number of hydrogen-bond donors (Lipinski definition) is 0. The van der Waals surface area contributed by atoms with Gasteiger partial charge in [0.2, 0.25) is 0 Å². The third-order valence-electron chi connectivity index (χ3n) is 2.53. The van der Waals surface area contributed by atoms with Gasteiger partial charge >= 0.3 is 0 Å². The molecule has 0 aliphatic heterocycles. The third-order valence-corrected chi connectivity index (χ3v) is 3.34. The van der Waals surface area contributed by atoms with E-state index in [1.165, 1.54) is 5.69 Å². The second-order valence-corrected chi connectivity index (χ2v) is 5.58. The van der Waals surface area contributed by atoms with E-state index in [2.05, 4.69) is 29.2 Å². The predicted octanol–water partition coefficient (Wildman–Crippen LogP) is 3.17. The summed E-state index contributed by atoms with van der Waals surface area (Å²) in [7, 11) is 0. The van der Waals surface area contributed by atoms with Crippen molar-refractivity contribution < 1.29 is 9.47 Å². The van der Waals surface area contributed by atoms with Crippen LogP contribution in [0.4, 0.5) is 5.69 Å². The fourth-order valence-corrected chi connectivity index (χ4v) is 2.21. The molecule has 0 unspecified atom stereocenters. The molecule has 0 amide bonds. The first-order valence-electron chi connectivity index (χ1n) is 6.32. The molecule has 0 N–H and O–H groups in total. The number of thioether (sulfide) groups is 2. The maximum Gasteiger partial charge on any atom is 0.0919 e. The van der Waals surface area contributed by atoms with Crippen molar-refractivity contribution in [2.45, 2.75) is 0 Å². The number of para-hydroxylation sites is 1. The second kappa shape index (κ2) is 11.5. The predicted molar refractivity (Wildman–Crippen MR) is 87.3 cm³/mol. The van der Waals surface area contributed by atoms with Gasteiger partial charge in [-0.3, -0.25) is 0 Å². The molecule has 19 heavy (non-hydrogen) atoms. The molecule has 0 bridgehead atoms. The Morgan fingerprint density at radius 3 is 1.89 bits per heavy atom. The molecule has 0 aromatic heterocycles. The summed E-state index contributed by atoms with van der Waals surface area (Å²) in [6.45, 7) is 3.29. The largest absolute Gasteiger partial charge is 0.369 e. The van der Waals surface area contributed by atoms with E-state index in [9.17, 15) is 0 Å². The van der Waals surface area contributed by atoms with E-state index in [0.29, 0.717) is 0 Å². The van der Waals surface area contributed by atoms with Crippen molar-refractivity contribution in [2.24, 2.45) is 0 Å². The lowest BCUT2D eigenvalue weighted by Crippen LogP contribution is -2.31. The minimum absolute atomic E-state index is 0.748. The molecule has 0 aliphatic rings. The second-order valence-electron chi connectivity index (χ2n) is 3.95. The first-order chi connectivity index (χ1) is 9.38. The van der Waals surface area contributed by atoms with Crippen molar-refractivity contribution in [3.8, 4) is 0 Å². The summed E-state index contributed by atoms with van der Waals surface area (Å²) in [5, 5.41) is 0. The Morgan fingerprint density at radius 1 is 0.895 bits per heavy atom. The molecule has 3 nitrogen and oxygen atoms in total. The summed E-state index contributed by atoms with van der Waals surface area (Å²) in [5.41, 5.74) is 1.23. The zero-order valence-corrected chi connectivity index (χ0v) is 13.3. The van der Waals surface area contributed by atoms with Gasteiger partial charge < -0.3 is 14.4 Å². The minimum atomic E-state index is 0.748. The van der Waals surface area contributed by atoms with Gasteiger partial charge in [-0.25, -0.2) is 0 Å². The highest BCUT2D eigenvalue weighted by Crippen LogP contribution is 2.12. The van der Waals surface area contributed by atoms with Crippen molar-refractivity contribution >= 4 is 29.2 Å². The summed E-state index contributed by atoms with van der Waals surface area (Å²) in [4.78, 5) is 2.31. The van der Waals surface area contributed by atoms with E-state index >= 15 is 0 Å². The summed E-state index contributed by atoms with van der Waals surface area (Å²) in [6, 6.07) is 10.4. The van der Waals surface area contributed by atoms with Gasteiger partial charge in [0, 0.05) is 18.8 Å². The van der Waals surface area contributed by atoms with Crippen LogP contribution in [-0.4, -0.2) is 50.7 Å². The van der Waals surface area contributed by atoms with E-state index < -0.39 is 0 Å². The van der Waals surface area contributed by atoms with Gasteiger partial charge in [0.1, 0.15) is 0 Å². The highest BCUT2D eigenvalue weighted by atomic mass is 32.2. The Labute approximate surface area is 125 Å². The molecule has 1 aromatic rings. The summed E-state index contributed by atoms with van der Waals surface area (Å²) in [5.74, 6) is 1.51. The van der Waals surface area contributed by atoms with Gasteiger partial charge in [-0.05, 0) is 24.6 Å². The van der Waals surface area contributed by atoms with Crippen LogP contribution in [0.1, 0.15) is 0 Å². The third kappa shape index (κ3) is 7.72. The quantitative estimate of drug-likeness (QED) is 0.461. The van der Waals surface area contributed by atoms with Crippen molar-refractivity contribution in [1.82, 2.24) is 0 Å². The molecular weight excluding hydrogens is 278 g/mol. The van der Waals surface area contributed by atoms with Gasteiger partial charge in [0.25, 0.3) is 0 Å². The minimum Gasteiger partial charge on any atom is -0.369 e. The normalized spacial score (nSPS) is 10.6. The number of ether oxygens (including phenoxy) is 2. The summed E-state index contributed by atoms with van der Waals surface area (Å²) >= 11 is 3.41. The Kier molecular flexibility index (Phi) is 10.1. The summed E-state index contributed by atoms with van der Waals surface area (Å²) < 4.78 is 11.1. The molecule has 1 rings (SSSR count). The number of hydrogen-bond acceptors (Lipinski definition) is 5. The SMILES string of the molecule is CSCOCCN(CCOCSC)c1ccccc1. The van der Waals surface area contributed by atoms with E-state index in [0.717, 1.165) is 38.2 Å². The van der Waals surface area contributed by atoms with Crippen LogP contribution in [0.25, 0.3) is 0 Å². The van der Waals surface area contributed by atoms with Crippen molar-refractivity contribution in [3.63, 3.8) is 0 Å². The van der Waals surface area contributed by atoms with Crippen molar-refractivity contribution in [3.05, 3.63) is 30.3 Å². The molecule has 0 aliphatic carbocycles. The Hall–Kier alpha value is -0.360. The highest BCUT2D eigenvalue weighted by molar-refractivity contribution is 7.98. The molecule has 1 aromatic carbocycles. The maximum absolute atomic E-state index is 5.54. The van der Waals surface area contributed by atoms with Gasteiger partial charge in [0.15, 0.2) is 0 Å². The molecule has 0 saturated heterocycles. The first-order valence-corrected chi connectivity index (χ1v) is 9.10. The van der Waals surface area contributed by atoms with Crippen LogP contribution < -0.4 is 4.90 Å². The Bertz CT molecular complexity index is 300. The van der Waals surface area contributed by atoms with Crippen molar-refractivity contribution in [2.75, 3.05) is 55.6 Å². The van der Waals surface area contributed by atoms with Crippen LogP contribution in [0.5, 0.6) is 0 Å². The first kappa shape index (κ1) is 16.7. The van der Waals surface area contributed by atoms with Gasteiger partial charge in [-0.1, -0.05) is 18.2 Å². The number of rotatable bonds is 11. The van der Waals surface area contributed by atoms with E-state index in [1.807, 2.05) is 18.6 Å². The van der Waals surface area contributed by atoms with E-state index in [-0.39, 0.29) is 0 Å². The Morgan fingerprint density at radius 2 is 1.42 bits per heavy atom. The van der Waals surface area contributed by atoms with E-state index in [4.69, 9.17) is 9.47 Å². The van der Waals surface area contributed by atoms with Crippen molar-refractivity contribution in [1.29, 1.82) is 0 Å². The van der Waals surface area contributed by atoms with Crippen LogP contribution in [0.3, 0.4) is 0 Å². The smallest absolute Gasteiger partial charge is 0.0919 e. The number of anilines is 1. The fraction of sp³-hybridized carbons (Fsp3) is 0.571. The zero-order chi connectivity index (χ0) is 13.8. The molecule has 0 spiro atoms. The standard InChI is InChI=1S/C14H23NO2S2/c1-18-12-16-10-8-15(9-11-17-13-19-2)14-6-4-3-5-7-14/h3-7H,8-13H2,1-2H3. The lowest BCUT2D eigenvalue weighted by Gasteiger charge is -2.24. The lowest BCUT2D eigenvalue weighted by molar-refractivity contribution is 0.175. The number of benzene rings is 1. The molecule has 5 heteroatoms. The average Bonchev–Trinajstić information content (AvgIpc) is 2.46. The van der Waals surface area contributed by atoms with Crippen LogP contribution in [0.15, 0.2) is 30.3 Å². The van der Waals surface area contributed by atoms with Crippen LogP contribution in [0.2, 0.25) is 0 Å². The monoisotopic (exact) mass is 301 g/mol. The molecule has 0 atom stereocenters. The molecule has 108 valence electrons. The Balaban J connectivity index is 2.39. The van der Waals surface area contributed by atoms with Crippen LogP contribution in [-0.2, 0) is 9.47 Å². The zero-order valence-electron chi connectivity index (χ0n) is 11.7. The molecule has 0 heterocycles. The molecule has 0 saturated carbocycles. The van der Waals surface area contributed by atoms with Gasteiger partial charge in [-0.15, -0.1) is 23.5 Å². The van der Waals surface area contributed by atoms with Crippen LogP contribution in [0, 0.1) is 0 Å². The van der Waals surface area contributed by atoms with Gasteiger partial charge in [-0.2, -0.15) is 0 Å². The summed E-state index contributed by atoms with van der Waals surface area (Å²) in [6.07, 6.45) is 4.09. The molecule has 0 radical (unpaired) electrons. The fourth-order valence-electron chi connectivity index (χ4n) is 1.64. The number of nitrogens with zero attached hydrogens (tertiary/aromatic N) is 1. The topological polar surface area (TPSA) is 21.7 Å². The van der Waals surface area contributed by atoms with Gasteiger partial charge in [0.05, 0.1) is 25.1 Å². The molecule has 0 fully saturated rings. The van der Waals surface area contributed by atoms with Crippen LogP contribution >= 0.6 is 23.5 Å². The lowest BCUT2D eigenvalue weighted by atomic mass is 10.3. The maximum atomic E-state index is 5.54.